The summed E-state index contributed by atoms with van der Waals surface area (Å²) < 4.78 is 5.55. The predicted molar refractivity (Wildman–Crippen MR) is 83.6 cm³/mol. The molecular weight excluding hydrogens is 288 g/mol. The molecule has 0 aliphatic heterocycles. The summed E-state index contributed by atoms with van der Waals surface area (Å²) in [6.45, 7) is 4.47. The number of carbonyl (C=O) groups excluding carboxylic acids is 1. The molecule has 0 saturated heterocycles. The van der Waals surface area contributed by atoms with Crippen LogP contribution in [0.4, 0.5) is 5.69 Å². The van der Waals surface area contributed by atoms with Crippen molar-refractivity contribution in [2.75, 3.05) is 12.4 Å². The molecule has 0 aliphatic carbocycles. The second-order valence-electron chi connectivity index (χ2n) is 5.26. The maximum atomic E-state index is 12.3. The number of hydrogen-bond acceptors (Lipinski definition) is 2. The van der Waals surface area contributed by atoms with Crippen LogP contribution < -0.4 is 10.2 Å². The van der Waals surface area contributed by atoms with E-state index >= 15 is 0 Å². The van der Waals surface area contributed by atoms with Crippen molar-refractivity contribution < 1.29 is 14.1 Å². The van der Waals surface area contributed by atoms with E-state index in [0.717, 1.165) is 16.4 Å². The molecule has 4 nitrogen and oxygen atoms in total. The van der Waals surface area contributed by atoms with Gasteiger partial charge < -0.3 is 14.6 Å². The van der Waals surface area contributed by atoms with Gasteiger partial charge >= 0.3 is 0 Å². The Kier molecular flexibility index (Phi) is 5.04. The van der Waals surface area contributed by atoms with E-state index in [1.165, 1.54) is 0 Å². The molecule has 0 spiro atoms. The maximum absolute atomic E-state index is 12.3. The lowest BCUT2D eigenvalue weighted by Crippen LogP contribution is -3.12. The number of benzene rings is 1. The van der Waals surface area contributed by atoms with Gasteiger partial charge in [0.2, 0.25) is 0 Å². The molecular formula is C16H20ClN2O2+. The first kappa shape index (κ1) is 15.6. The fraction of sp³-hybridized carbons (Fsp3) is 0.312. The third-order valence-electron chi connectivity index (χ3n) is 3.47. The minimum atomic E-state index is -0.200. The summed E-state index contributed by atoms with van der Waals surface area (Å²) in [6, 6.07) is 10.8. The predicted octanol–water partition coefficient (Wildman–Crippen LogP) is 2.28. The highest BCUT2D eigenvalue weighted by molar-refractivity contribution is 6.30. The number of furan rings is 1. The average molecular weight is 308 g/mol. The van der Waals surface area contributed by atoms with Gasteiger partial charge in [0.25, 0.3) is 5.91 Å². The SMILES string of the molecule is Cc1ccc(C[NH+](C)[C@H](C)C(=O)Nc2cccc(Cl)c2)o1. The number of hydrogen-bond donors (Lipinski definition) is 2. The van der Waals surface area contributed by atoms with Gasteiger partial charge in [0.05, 0.1) is 7.05 Å². The number of anilines is 1. The van der Waals surface area contributed by atoms with Crippen molar-refractivity contribution in [2.45, 2.75) is 26.4 Å². The number of nitrogens with one attached hydrogen (secondary N) is 2. The topological polar surface area (TPSA) is 46.7 Å². The zero-order chi connectivity index (χ0) is 15.4. The Morgan fingerprint density at radius 1 is 1.38 bits per heavy atom. The highest BCUT2D eigenvalue weighted by Gasteiger charge is 2.23. The maximum Gasteiger partial charge on any atom is 0.282 e. The normalized spacial score (nSPS) is 13.7. The number of amides is 1. The zero-order valence-electron chi connectivity index (χ0n) is 12.4. The van der Waals surface area contributed by atoms with E-state index in [0.29, 0.717) is 17.3 Å². The quantitative estimate of drug-likeness (QED) is 0.890. The van der Waals surface area contributed by atoms with Crippen molar-refractivity contribution in [1.29, 1.82) is 0 Å². The minimum absolute atomic E-state index is 0.0435. The number of aryl methyl sites for hydroxylation is 1. The number of halogens is 1. The first-order valence-electron chi connectivity index (χ1n) is 6.90. The first-order valence-corrected chi connectivity index (χ1v) is 7.27. The molecule has 2 aromatic rings. The third kappa shape index (κ3) is 4.34. The second-order valence-corrected chi connectivity index (χ2v) is 5.69. The molecule has 1 amide bonds. The summed E-state index contributed by atoms with van der Waals surface area (Å²) in [4.78, 5) is 13.3. The highest BCUT2D eigenvalue weighted by atomic mass is 35.5. The average Bonchev–Trinajstić information content (AvgIpc) is 2.83. The van der Waals surface area contributed by atoms with E-state index < -0.39 is 0 Å². The van der Waals surface area contributed by atoms with E-state index in [1.54, 1.807) is 12.1 Å². The van der Waals surface area contributed by atoms with Crippen molar-refractivity contribution in [1.82, 2.24) is 0 Å². The van der Waals surface area contributed by atoms with Crippen LogP contribution in [0.3, 0.4) is 0 Å². The lowest BCUT2D eigenvalue weighted by Gasteiger charge is -2.20. The lowest BCUT2D eigenvalue weighted by molar-refractivity contribution is -0.908. The van der Waals surface area contributed by atoms with Gasteiger partial charge in [-0.1, -0.05) is 17.7 Å². The van der Waals surface area contributed by atoms with Crippen LogP contribution in [0.2, 0.25) is 5.02 Å². The molecule has 0 saturated carbocycles. The molecule has 0 radical (unpaired) electrons. The van der Waals surface area contributed by atoms with Crippen LogP contribution in [0.5, 0.6) is 0 Å². The van der Waals surface area contributed by atoms with Crippen LogP contribution in [-0.4, -0.2) is 19.0 Å². The number of likely N-dealkylation sites (N-methyl/N-ethyl adjacent to an activating group) is 1. The number of rotatable bonds is 5. The van der Waals surface area contributed by atoms with Crippen molar-refractivity contribution in [3.05, 3.63) is 52.9 Å². The molecule has 0 fully saturated rings. The third-order valence-corrected chi connectivity index (χ3v) is 3.71. The Morgan fingerprint density at radius 2 is 2.14 bits per heavy atom. The van der Waals surface area contributed by atoms with E-state index in [9.17, 15) is 4.79 Å². The molecule has 2 atom stereocenters. The van der Waals surface area contributed by atoms with Crippen molar-refractivity contribution >= 4 is 23.2 Å². The lowest BCUT2D eigenvalue weighted by atomic mass is 10.2. The largest absolute Gasteiger partial charge is 0.460 e. The summed E-state index contributed by atoms with van der Waals surface area (Å²) in [5, 5.41) is 3.48. The van der Waals surface area contributed by atoms with Crippen molar-refractivity contribution in [3.63, 3.8) is 0 Å². The summed E-state index contributed by atoms with van der Waals surface area (Å²) in [7, 11) is 1.97. The Morgan fingerprint density at radius 3 is 2.76 bits per heavy atom. The Hall–Kier alpha value is -1.78. The highest BCUT2D eigenvalue weighted by Crippen LogP contribution is 2.14. The summed E-state index contributed by atoms with van der Waals surface area (Å²) in [5.74, 6) is 1.72. The van der Waals surface area contributed by atoms with Crippen molar-refractivity contribution in [2.24, 2.45) is 0 Å². The molecule has 0 bridgehead atoms. The van der Waals surface area contributed by atoms with Crippen LogP contribution in [0.1, 0.15) is 18.4 Å². The smallest absolute Gasteiger partial charge is 0.282 e. The molecule has 5 heteroatoms. The second kappa shape index (κ2) is 6.78. The van der Waals surface area contributed by atoms with Crippen LogP contribution in [0.25, 0.3) is 0 Å². The van der Waals surface area contributed by atoms with Gasteiger partial charge in [0, 0.05) is 10.7 Å². The Bertz CT molecular complexity index is 624. The van der Waals surface area contributed by atoms with Crippen LogP contribution in [0.15, 0.2) is 40.8 Å². The van der Waals surface area contributed by atoms with Gasteiger partial charge in [-0.05, 0) is 44.2 Å². The molecule has 2 rings (SSSR count). The summed E-state index contributed by atoms with van der Waals surface area (Å²) in [5.41, 5.74) is 0.709. The van der Waals surface area contributed by atoms with Gasteiger partial charge in [-0.2, -0.15) is 0 Å². The monoisotopic (exact) mass is 307 g/mol. The van der Waals surface area contributed by atoms with E-state index in [-0.39, 0.29) is 11.9 Å². The number of quaternary nitrogens is 1. The molecule has 0 aliphatic rings. The van der Waals surface area contributed by atoms with E-state index in [4.69, 9.17) is 16.0 Å². The summed E-state index contributed by atoms with van der Waals surface area (Å²) in [6.07, 6.45) is 0. The van der Waals surface area contributed by atoms with Gasteiger partial charge in [0.1, 0.15) is 12.3 Å². The van der Waals surface area contributed by atoms with Gasteiger partial charge in [-0.3, -0.25) is 4.79 Å². The van der Waals surface area contributed by atoms with Crippen LogP contribution >= 0.6 is 11.6 Å². The van der Waals surface area contributed by atoms with E-state index in [2.05, 4.69) is 5.32 Å². The molecule has 2 N–H and O–H groups in total. The molecule has 112 valence electrons. The first-order chi connectivity index (χ1) is 9.95. The van der Waals surface area contributed by atoms with E-state index in [1.807, 2.05) is 45.2 Å². The molecule has 1 heterocycles. The Labute approximate surface area is 129 Å². The standard InChI is InChI=1S/C16H19ClN2O2/c1-11-7-8-15(21-11)10-19(3)12(2)16(20)18-14-6-4-5-13(17)9-14/h4-9,12H,10H2,1-3H3,(H,18,20)/p+1/t12-/m1/s1. The zero-order valence-corrected chi connectivity index (χ0v) is 13.2. The molecule has 1 aromatic heterocycles. The van der Waals surface area contributed by atoms with Crippen LogP contribution in [0, 0.1) is 6.92 Å². The molecule has 1 aromatic carbocycles. The molecule has 21 heavy (non-hydrogen) atoms. The fourth-order valence-electron chi connectivity index (χ4n) is 2.05. The molecule has 1 unspecified atom stereocenters. The van der Waals surface area contributed by atoms with Gasteiger partial charge in [-0.15, -0.1) is 0 Å². The fourth-order valence-corrected chi connectivity index (χ4v) is 2.24. The van der Waals surface area contributed by atoms with Crippen molar-refractivity contribution in [3.8, 4) is 0 Å². The van der Waals surface area contributed by atoms with Crippen LogP contribution in [-0.2, 0) is 11.3 Å². The van der Waals surface area contributed by atoms with Gasteiger partial charge in [-0.25, -0.2) is 0 Å². The summed E-state index contributed by atoms with van der Waals surface area (Å²) >= 11 is 5.91. The minimum Gasteiger partial charge on any atom is -0.460 e. The van der Waals surface area contributed by atoms with Gasteiger partial charge in [0.15, 0.2) is 11.8 Å². The number of carbonyl (C=O) groups is 1. The Balaban J connectivity index is 1.95.